The molecule has 4 heterocycles. The largest absolute Gasteiger partial charge is 0.324 e. The first-order valence-electron chi connectivity index (χ1n) is 9.24. The molecule has 27 heavy (non-hydrogen) atoms. The number of rotatable bonds is 4. The molecule has 10 heteroatoms. The topological polar surface area (TPSA) is 98.3 Å². The molecule has 0 radical (unpaired) electrons. The van der Waals surface area contributed by atoms with Crippen molar-refractivity contribution in [3.05, 3.63) is 36.0 Å². The van der Waals surface area contributed by atoms with Crippen LogP contribution in [0.4, 0.5) is 0 Å². The fourth-order valence-electron chi connectivity index (χ4n) is 3.74. The van der Waals surface area contributed by atoms with Crippen molar-refractivity contribution in [3.8, 4) is 0 Å². The van der Waals surface area contributed by atoms with Crippen molar-refractivity contribution in [2.24, 2.45) is 7.05 Å². The maximum absolute atomic E-state index is 12.8. The predicted molar refractivity (Wildman–Crippen MR) is 96.7 cm³/mol. The highest BCUT2D eigenvalue weighted by Gasteiger charge is 2.34. The molecular weight excluding hydrogens is 366 g/mol. The highest BCUT2D eigenvalue weighted by molar-refractivity contribution is 7.89. The Bertz CT molecular complexity index is 1090. The Balaban J connectivity index is 1.37. The summed E-state index contributed by atoms with van der Waals surface area (Å²) in [5, 5.41) is 13.4. The molecule has 0 bridgehead atoms. The number of hydrogen-bond donors (Lipinski definition) is 0. The monoisotopic (exact) mass is 387 g/mol. The Morgan fingerprint density at radius 1 is 1.04 bits per heavy atom. The standard InChI is InChI=1S/C17H21N7O2S/c1-22-11-8-18-17(22)27(25,26)23-9-6-13(7-10-23)16-20-19-15-5-4-14(12-2-3-12)21-24(15)16/h4-5,8,11-13H,2-3,6-7,9-10H2,1H3. The molecule has 9 nitrogen and oxygen atoms in total. The maximum Gasteiger partial charge on any atom is 0.276 e. The van der Waals surface area contributed by atoms with Crippen molar-refractivity contribution in [3.63, 3.8) is 0 Å². The van der Waals surface area contributed by atoms with Crippen LogP contribution in [0.25, 0.3) is 5.65 Å². The van der Waals surface area contributed by atoms with Crippen molar-refractivity contribution in [1.29, 1.82) is 0 Å². The van der Waals surface area contributed by atoms with Gasteiger partial charge in [-0.2, -0.15) is 13.9 Å². The van der Waals surface area contributed by atoms with E-state index < -0.39 is 10.0 Å². The first-order valence-corrected chi connectivity index (χ1v) is 10.7. The molecule has 5 rings (SSSR count). The quantitative estimate of drug-likeness (QED) is 0.669. The summed E-state index contributed by atoms with van der Waals surface area (Å²) in [5.41, 5.74) is 1.84. The number of fused-ring (bicyclic) bond motifs is 1. The summed E-state index contributed by atoms with van der Waals surface area (Å²) in [5.74, 6) is 1.55. The van der Waals surface area contributed by atoms with Gasteiger partial charge >= 0.3 is 0 Å². The van der Waals surface area contributed by atoms with E-state index in [-0.39, 0.29) is 11.1 Å². The molecular formula is C17H21N7O2S. The van der Waals surface area contributed by atoms with Crippen LogP contribution in [0.5, 0.6) is 0 Å². The van der Waals surface area contributed by atoms with Gasteiger partial charge in [-0.25, -0.2) is 13.4 Å². The second-order valence-corrected chi connectivity index (χ2v) is 9.19. The van der Waals surface area contributed by atoms with Crippen molar-refractivity contribution in [1.82, 2.24) is 33.7 Å². The SMILES string of the molecule is Cn1ccnc1S(=O)(=O)N1CCC(c2nnc3ccc(C4CC4)nn23)CC1. The average Bonchev–Trinajstić information content (AvgIpc) is 3.29. The van der Waals surface area contributed by atoms with Gasteiger partial charge in [-0.15, -0.1) is 10.2 Å². The van der Waals surface area contributed by atoms with E-state index in [1.54, 1.807) is 13.2 Å². The van der Waals surface area contributed by atoms with Gasteiger partial charge in [0, 0.05) is 44.4 Å². The van der Waals surface area contributed by atoms with Crippen LogP contribution in [-0.2, 0) is 17.1 Å². The van der Waals surface area contributed by atoms with E-state index >= 15 is 0 Å². The van der Waals surface area contributed by atoms with Crippen LogP contribution in [0.1, 0.15) is 49.0 Å². The van der Waals surface area contributed by atoms with Gasteiger partial charge in [0.05, 0.1) is 5.69 Å². The minimum atomic E-state index is -3.57. The van der Waals surface area contributed by atoms with E-state index in [0.29, 0.717) is 31.8 Å². The maximum atomic E-state index is 12.8. The molecule has 0 atom stereocenters. The Hall–Kier alpha value is -2.33. The highest BCUT2D eigenvalue weighted by atomic mass is 32.2. The second-order valence-electron chi connectivity index (χ2n) is 7.36. The van der Waals surface area contributed by atoms with Crippen LogP contribution in [-0.4, -0.2) is 55.2 Å². The van der Waals surface area contributed by atoms with E-state index in [1.165, 1.54) is 27.9 Å². The zero-order chi connectivity index (χ0) is 18.6. The van der Waals surface area contributed by atoms with Gasteiger partial charge in [0.15, 0.2) is 11.5 Å². The summed E-state index contributed by atoms with van der Waals surface area (Å²) in [6.45, 7) is 0.883. The molecule has 1 aliphatic heterocycles. The van der Waals surface area contributed by atoms with Gasteiger partial charge in [-0.05, 0) is 37.8 Å². The molecule has 1 aliphatic carbocycles. The van der Waals surface area contributed by atoms with Crippen molar-refractivity contribution >= 4 is 15.7 Å². The molecule has 2 fully saturated rings. The van der Waals surface area contributed by atoms with E-state index in [1.807, 2.05) is 16.6 Å². The normalized spacial score (nSPS) is 19.7. The summed E-state index contributed by atoms with van der Waals surface area (Å²) in [6.07, 6.45) is 6.93. The molecule has 0 N–H and O–H groups in total. The molecule has 1 saturated carbocycles. The van der Waals surface area contributed by atoms with E-state index in [0.717, 1.165) is 17.2 Å². The minimum absolute atomic E-state index is 0.0876. The third-order valence-electron chi connectivity index (χ3n) is 5.47. The van der Waals surface area contributed by atoms with Crippen LogP contribution in [0.15, 0.2) is 29.7 Å². The Kier molecular flexibility index (Phi) is 3.80. The minimum Gasteiger partial charge on any atom is -0.324 e. The lowest BCUT2D eigenvalue weighted by Gasteiger charge is -2.29. The Labute approximate surface area is 157 Å². The average molecular weight is 387 g/mol. The fraction of sp³-hybridized carbons (Fsp3) is 0.529. The molecule has 0 aromatic carbocycles. The molecule has 0 spiro atoms. The van der Waals surface area contributed by atoms with E-state index in [9.17, 15) is 8.42 Å². The third-order valence-corrected chi connectivity index (χ3v) is 7.37. The van der Waals surface area contributed by atoms with Crippen LogP contribution >= 0.6 is 0 Å². The van der Waals surface area contributed by atoms with Gasteiger partial charge in [0.2, 0.25) is 5.16 Å². The van der Waals surface area contributed by atoms with Gasteiger partial charge in [-0.1, -0.05) is 0 Å². The van der Waals surface area contributed by atoms with Crippen molar-refractivity contribution in [2.75, 3.05) is 13.1 Å². The summed E-state index contributed by atoms with van der Waals surface area (Å²) >= 11 is 0. The highest BCUT2D eigenvalue weighted by Crippen LogP contribution is 2.39. The summed E-state index contributed by atoms with van der Waals surface area (Å²) in [7, 11) is -1.87. The smallest absolute Gasteiger partial charge is 0.276 e. The number of nitrogens with zero attached hydrogens (tertiary/aromatic N) is 7. The summed E-state index contributed by atoms with van der Waals surface area (Å²) in [6, 6.07) is 4.01. The van der Waals surface area contributed by atoms with Crippen LogP contribution in [0.2, 0.25) is 0 Å². The number of aryl methyl sites for hydroxylation is 1. The van der Waals surface area contributed by atoms with Crippen LogP contribution in [0, 0.1) is 0 Å². The van der Waals surface area contributed by atoms with Crippen LogP contribution in [0.3, 0.4) is 0 Å². The molecule has 3 aromatic rings. The van der Waals surface area contributed by atoms with E-state index in [4.69, 9.17) is 5.10 Å². The van der Waals surface area contributed by atoms with E-state index in [2.05, 4.69) is 15.2 Å². The first-order chi connectivity index (χ1) is 13.0. The fourth-order valence-corrected chi connectivity index (χ4v) is 5.28. The number of piperidine rings is 1. The van der Waals surface area contributed by atoms with Gasteiger partial charge < -0.3 is 4.57 Å². The molecule has 3 aromatic heterocycles. The number of imidazole rings is 1. The Morgan fingerprint density at radius 3 is 2.48 bits per heavy atom. The molecule has 0 unspecified atom stereocenters. The number of hydrogen-bond acceptors (Lipinski definition) is 6. The number of aromatic nitrogens is 6. The third kappa shape index (κ3) is 2.83. The lowest BCUT2D eigenvalue weighted by molar-refractivity contribution is 0.309. The lowest BCUT2D eigenvalue weighted by atomic mass is 9.97. The summed E-state index contributed by atoms with van der Waals surface area (Å²) in [4.78, 5) is 4.00. The molecule has 1 saturated heterocycles. The predicted octanol–water partition coefficient (Wildman–Crippen LogP) is 1.30. The zero-order valence-corrected chi connectivity index (χ0v) is 15.9. The zero-order valence-electron chi connectivity index (χ0n) is 15.1. The van der Waals surface area contributed by atoms with Gasteiger partial charge in [-0.3, -0.25) is 0 Å². The first kappa shape index (κ1) is 16.8. The van der Waals surface area contributed by atoms with Gasteiger partial charge in [0.25, 0.3) is 10.0 Å². The molecule has 142 valence electrons. The van der Waals surface area contributed by atoms with Crippen molar-refractivity contribution < 1.29 is 8.42 Å². The second kappa shape index (κ2) is 6.10. The lowest BCUT2D eigenvalue weighted by Crippen LogP contribution is -2.39. The number of sulfonamides is 1. The molecule has 0 amide bonds. The van der Waals surface area contributed by atoms with Crippen LogP contribution < -0.4 is 0 Å². The Morgan fingerprint density at radius 2 is 1.81 bits per heavy atom. The van der Waals surface area contributed by atoms with Crippen molar-refractivity contribution in [2.45, 2.75) is 42.7 Å². The molecule has 2 aliphatic rings. The van der Waals surface area contributed by atoms with Gasteiger partial charge in [0.1, 0.15) is 0 Å². The summed E-state index contributed by atoms with van der Waals surface area (Å²) < 4.78 is 30.5.